The van der Waals surface area contributed by atoms with Gasteiger partial charge in [-0.05, 0) is 53.2 Å². The van der Waals surface area contributed by atoms with Gasteiger partial charge >= 0.3 is 0 Å². The lowest BCUT2D eigenvalue weighted by Crippen LogP contribution is -2.37. The van der Waals surface area contributed by atoms with E-state index in [4.69, 9.17) is 0 Å². The molecule has 0 saturated heterocycles. The van der Waals surface area contributed by atoms with Crippen LogP contribution < -0.4 is 5.32 Å². The van der Waals surface area contributed by atoms with E-state index >= 15 is 0 Å². The summed E-state index contributed by atoms with van der Waals surface area (Å²) in [5, 5.41) is 7.24. The van der Waals surface area contributed by atoms with Gasteiger partial charge in [0.05, 0.1) is 6.04 Å². The molecule has 0 aliphatic rings. The van der Waals surface area contributed by atoms with Crippen LogP contribution in [0.1, 0.15) is 31.0 Å². The molecule has 1 amide bonds. The fraction of sp³-hybridized carbons (Fsp3) is 0.333. The van der Waals surface area contributed by atoms with Crippen molar-refractivity contribution >= 4 is 23.3 Å². The van der Waals surface area contributed by atoms with E-state index < -0.39 is 0 Å². The summed E-state index contributed by atoms with van der Waals surface area (Å²) in [4.78, 5) is 18.4. The monoisotopic (exact) mass is 329 g/mol. The lowest BCUT2D eigenvalue weighted by molar-refractivity contribution is -0.116. The normalized spacial score (nSPS) is 12.7. The van der Waals surface area contributed by atoms with Gasteiger partial charge in [-0.3, -0.25) is 14.7 Å². The maximum atomic E-state index is 12.1. The Labute approximate surface area is 141 Å². The third-order valence-electron chi connectivity index (χ3n) is 3.76. The Bertz CT molecular complexity index is 606. The molecule has 5 heteroatoms. The van der Waals surface area contributed by atoms with Crippen molar-refractivity contribution in [3.05, 3.63) is 58.6 Å². The van der Waals surface area contributed by atoms with Crippen LogP contribution in [0.4, 0.5) is 0 Å². The van der Waals surface area contributed by atoms with Crippen LogP contribution in [0.3, 0.4) is 0 Å². The standard InChI is InChI=1S/C18H23N3OS/c1-3-21(4-2)17(16-9-11-23-14-16)13-20-18(22)8-7-15-6-5-10-19-12-15/h5-12,14,17H,3-4,13H2,1-2H3,(H,20,22)/b8-7+. The lowest BCUT2D eigenvalue weighted by atomic mass is 10.1. The van der Waals surface area contributed by atoms with Crippen LogP contribution in [0.2, 0.25) is 0 Å². The van der Waals surface area contributed by atoms with Crippen LogP contribution in [-0.4, -0.2) is 35.4 Å². The fourth-order valence-corrected chi connectivity index (χ4v) is 3.20. The molecule has 0 radical (unpaired) electrons. The second kappa shape index (κ2) is 9.22. The Morgan fingerprint density at radius 1 is 1.39 bits per heavy atom. The quantitative estimate of drug-likeness (QED) is 0.755. The largest absolute Gasteiger partial charge is 0.351 e. The topological polar surface area (TPSA) is 45.2 Å². The zero-order valence-electron chi connectivity index (χ0n) is 13.6. The first kappa shape index (κ1) is 17.4. The van der Waals surface area contributed by atoms with Crippen molar-refractivity contribution in [3.8, 4) is 0 Å². The molecule has 2 rings (SSSR count). The Kier molecular flexibility index (Phi) is 6.97. The van der Waals surface area contributed by atoms with E-state index in [0.29, 0.717) is 6.54 Å². The minimum atomic E-state index is -0.0822. The summed E-state index contributed by atoms with van der Waals surface area (Å²) in [6, 6.07) is 6.11. The van der Waals surface area contributed by atoms with Crippen molar-refractivity contribution in [2.75, 3.05) is 19.6 Å². The van der Waals surface area contributed by atoms with E-state index in [2.05, 4.69) is 45.9 Å². The number of pyridine rings is 1. The number of amides is 1. The number of hydrogen-bond donors (Lipinski definition) is 1. The van der Waals surface area contributed by atoms with Gasteiger partial charge in [0.25, 0.3) is 0 Å². The average molecular weight is 329 g/mol. The second-order valence-electron chi connectivity index (χ2n) is 5.16. The molecule has 0 fully saturated rings. The van der Waals surface area contributed by atoms with Gasteiger partial charge in [0.2, 0.25) is 5.91 Å². The molecule has 122 valence electrons. The number of nitrogens with zero attached hydrogens (tertiary/aromatic N) is 2. The minimum Gasteiger partial charge on any atom is -0.351 e. The highest BCUT2D eigenvalue weighted by molar-refractivity contribution is 7.07. The smallest absolute Gasteiger partial charge is 0.244 e. The Balaban J connectivity index is 1.95. The van der Waals surface area contributed by atoms with Crippen molar-refractivity contribution < 1.29 is 4.79 Å². The van der Waals surface area contributed by atoms with Gasteiger partial charge in [0, 0.05) is 25.0 Å². The molecular formula is C18H23N3OS. The van der Waals surface area contributed by atoms with Crippen LogP contribution in [0, 0.1) is 0 Å². The number of thiophene rings is 1. The Morgan fingerprint density at radius 2 is 2.22 bits per heavy atom. The van der Waals surface area contributed by atoms with E-state index in [1.54, 1.807) is 35.9 Å². The molecule has 0 aromatic carbocycles. The van der Waals surface area contributed by atoms with Crippen LogP contribution in [-0.2, 0) is 4.79 Å². The number of carbonyl (C=O) groups excluding carboxylic acids is 1. The predicted molar refractivity (Wildman–Crippen MR) is 96.3 cm³/mol. The van der Waals surface area contributed by atoms with Gasteiger partial charge in [0.1, 0.15) is 0 Å². The van der Waals surface area contributed by atoms with Crippen molar-refractivity contribution in [1.82, 2.24) is 15.2 Å². The summed E-state index contributed by atoms with van der Waals surface area (Å²) in [5.41, 5.74) is 2.18. The predicted octanol–water partition coefficient (Wildman–Crippen LogP) is 3.36. The maximum Gasteiger partial charge on any atom is 0.244 e. The van der Waals surface area contributed by atoms with Crippen molar-refractivity contribution in [1.29, 1.82) is 0 Å². The Hall–Kier alpha value is -1.98. The van der Waals surface area contributed by atoms with E-state index in [1.807, 2.05) is 12.1 Å². The van der Waals surface area contributed by atoms with E-state index in [0.717, 1.165) is 18.7 Å². The van der Waals surface area contributed by atoms with Gasteiger partial charge in [-0.25, -0.2) is 0 Å². The summed E-state index contributed by atoms with van der Waals surface area (Å²) < 4.78 is 0. The van der Waals surface area contributed by atoms with Gasteiger partial charge in [-0.1, -0.05) is 19.9 Å². The highest BCUT2D eigenvalue weighted by Crippen LogP contribution is 2.22. The third-order valence-corrected chi connectivity index (χ3v) is 4.46. The molecule has 0 bridgehead atoms. The molecule has 2 heterocycles. The van der Waals surface area contributed by atoms with E-state index in [9.17, 15) is 4.79 Å². The van der Waals surface area contributed by atoms with Crippen LogP contribution in [0.5, 0.6) is 0 Å². The van der Waals surface area contributed by atoms with Crippen molar-refractivity contribution in [2.24, 2.45) is 0 Å². The summed E-state index contributed by atoms with van der Waals surface area (Å²) in [7, 11) is 0. The summed E-state index contributed by atoms with van der Waals surface area (Å²) >= 11 is 1.69. The highest BCUT2D eigenvalue weighted by Gasteiger charge is 2.18. The molecule has 1 N–H and O–H groups in total. The molecular weight excluding hydrogens is 306 g/mol. The summed E-state index contributed by atoms with van der Waals surface area (Å²) in [6.45, 7) is 6.81. The zero-order valence-corrected chi connectivity index (χ0v) is 14.4. The summed E-state index contributed by atoms with van der Waals surface area (Å²) in [6.07, 6.45) is 6.78. The van der Waals surface area contributed by atoms with Crippen molar-refractivity contribution in [3.63, 3.8) is 0 Å². The first-order chi connectivity index (χ1) is 11.2. The lowest BCUT2D eigenvalue weighted by Gasteiger charge is -2.29. The van der Waals surface area contributed by atoms with Gasteiger partial charge in [-0.15, -0.1) is 0 Å². The average Bonchev–Trinajstić information content (AvgIpc) is 3.12. The molecule has 0 spiro atoms. The minimum absolute atomic E-state index is 0.0822. The SMILES string of the molecule is CCN(CC)C(CNC(=O)/C=C/c1cccnc1)c1ccsc1. The van der Waals surface area contributed by atoms with Crippen LogP contribution >= 0.6 is 11.3 Å². The molecule has 1 atom stereocenters. The number of rotatable bonds is 8. The van der Waals surface area contributed by atoms with Gasteiger partial charge in [-0.2, -0.15) is 11.3 Å². The maximum absolute atomic E-state index is 12.1. The number of nitrogens with one attached hydrogen (secondary N) is 1. The fourth-order valence-electron chi connectivity index (χ4n) is 2.49. The molecule has 23 heavy (non-hydrogen) atoms. The first-order valence-corrected chi connectivity index (χ1v) is 8.81. The second-order valence-corrected chi connectivity index (χ2v) is 5.94. The highest BCUT2D eigenvalue weighted by atomic mass is 32.1. The molecule has 2 aromatic heterocycles. The number of hydrogen-bond acceptors (Lipinski definition) is 4. The molecule has 0 aliphatic carbocycles. The molecule has 0 aliphatic heterocycles. The third kappa shape index (κ3) is 5.30. The van der Waals surface area contributed by atoms with E-state index in [1.165, 1.54) is 5.56 Å². The number of likely N-dealkylation sites (N-methyl/N-ethyl adjacent to an activating group) is 1. The van der Waals surface area contributed by atoms with Crippen LogP contribution in [0.25, 0.3) is 6.08 Å². The number of carbonyl (C=O) groups is 1. The summed E-state index contributed by atoms with van der Waals surface area (Å²) in [5.74, 6) is -0.0822. The molecule has 2 aromatic rings. The first-order valence-electron chi connectivity index (χ1n) is 7.86. The van der Waals surface area contributed by atoms with E-state index in [-0.39, 0.29) is 11.9 Å². The molecule has 0 saturated carbocycles. The molecule has 4 nitrogen and oxygen atoms in total. The molecule has 1 unspecified atom stereocenters. The van der Waals surface area contributed by atoms with Gasteiger partial charge in [0.15, 0.2) is 0 Å². The van der Waals surface area contributed by atoms with Crippen LogP contribution in [0.15, 0.2) is 47.4 Å². The van der Waals surface area contributed by atoms with Gasteiger partial charge < -0.3 is 5.32 Å². The zero-order chi connectivity index (χ0) is 16.5. The Morgan fingerprint density at radius 3 is 2.83 bits per heavy atom. The van der Waals surface area contributed by atoms with Crippen molar-refractivity contribution in [2.45, 2.75) is 19.9 Å². The number of aromatic nitrogens is 1.